The number of aliphatic hydroxyl groups is 1. The third-order valence-electron chi connectivity index (χ3n) is 9.90. The normalized spacial score (nSPS) is 32.3. The molecule has 4 atom stereocenters. The Bertz CT molecular complexity index is 1420. The summed E-state index contributed by atoms with van der Waals surface area (Å²) in [6.45, 7) is 0.449. The Hall–Kier alpha value is -2.55. The van der Waals surface area contributed by atoms with Gasteiger partial charge < -0.3 is 9.67 Å². The summed E-state index contributed by atoms with van der Waals surface area (Å²) in [5.41, 5.74) is 2.26. The fourth-order valence-corrected chi connectivity index (χ4v) is 9.61. The van der Waals surface area contributed by atoms with Crippen LogP contribution < -0.4 is 4.72 Å². The second-order valence-electron chi connectivity index (χ2n) is 11.8. The zero-order chi connectivity index (χ0) is 25.4. The lowest BCUT2D eigenvalue weighted by Crippen LogP contribution is -2.57. The number of nitrogens with one attached hydrogen (secondary N) is 1. The van der Waals surface area contributed by atoms with Gasteiger partial charge in [0.05, 0.1) is 35.3 Å². The standard InChI is InChI=1S/C29H32FN3O3S/c30-24-8-4-7-22-26-16-31-17-33(26)25(28(22)24)11-27(34)29-12-18-9-19(13-29)23(20(10-18)14-29)15-32-37(35,36)21-5-2-1-3-6-21/h1-8,16-20,23,25,27,32,34H,9-15H2. The molecule has 37 heavy (non-hydrogen) atoms. The van der Waals surface area contributed by atoms with Crippen LogP contribution in [0.3, 0.4) is 0 Å². The van der Waals surface area contributed by atoms with Gasteiger partial charge in [-0.3, -0.25) is 0 Å². The average molecular weight is 522 g/mol. The lowest BCUT2D eigenvalue weighted by atomic mass is 9.44. The van der Waals surface area contributed by atoms with Crippen LogP contribution in [0.1, 0.15) is 50.1 Å². The Morgan fingerprint density at radius 3 is 2.59 bits per heavy atom. The van der Waals surface area contributed by atoms with E-state index in [4.69, 9.17) is 0 Å². The maximum absolute atomic E-state index is 15.0. The largest absolute Gasteiger partial charge is 0.392 e. The van der Waals surface area contributed by atoms with Crippen LogP contribution in [0.25, 0.3) is 11.3 Å². The van der Waals surface area contributed by atoms with Gasteiger partial charge in [-0.15, -0.1) is 0 Å². The van der Waals surface area contributed by atoms with Gasteiger partial charge in [-0.2, -0.15) is 0 Å². The quantitative estimate of drug-likeness (QED) is 0.469. The second kappa shape index (κ2) is 8.48. The summed E-state index contributed by atoms with van der Waals surface area (Å²) in [6.07, 6.45) is 8.49. The van der Waals surface area contributed by atoms with E-state index in [-0.39, 0.29) is 17.3 Å². The first-order valence-electron chi connectivity index (χ1n) is 13.4. The summed E-state index contributed by atoms with van der Waals surface area (Å²) in [4.78, 5) is 4.60. The molecule has 0 amide bonds. The molecule has 4 aliphatic carbocycles. The predicted octanol–water partition coefficient (Wildman–Crippen LogP) is 4.76. The minimum atomic E-state index is -3.54. The van der Waals surface area contributed by atoms with Crippen molar-refractivity contribution in [1.29, 1.82) is 0 Å². The highest BCUT2D eigenvalue weighted by atomic mass is 32.2. The van der Waals surface area contributed by atoms with Crippen LogP contribution in [-0.4, -0.2) is 35.7 Å². The molecule has 0 saturated heterocycles. The van der Waals surface area contributed by atoms with E-state index in [9.17, 15) is 17.9 Å². The number of fused-ring (bicyclic) bond motifs is 3. The summed E-state index contributed by atoms with van der Waals surface area (Å²) >= 11 is 0. The van der Waals surface area contributed by atoms with E-state index in [1.165, 1.54) is 6.07 Å². The molecule has 8 rings (SSSR count). The molecule has 194 valence electrons. The summed E-state index contributed by atoms with van der Waals surface area (Å²) in [6, 6.07) is 13.5. The molecular formula is C29H32FN3O3S. The van der Waals surface area contributed by atoms with Crippen molar-refractivity contribution in [2.75, 3.05) is 6.54 Å². The number of sulfonamides is 1. The lowest BCUT2D eigenvalue weighted by Gasteiger charge is -2.61. The van der Waals surface area contributed by atoms with Gasteiger partial charge >= 0.3 is 0 Å². The van der Waals surface area contributed by atoms with E-state index >= 15 is 0 Å². The topological polar surface area (TPSA) is 84.2 Å². The van der Waals surface area contributed by atoms with E-state index < -0.39 is 16.1 Å². The maximum Gasteiger partial charge on any atom is 0.240 e. The zero-order valence-electron chi connectivity index (χ0n) is 20.6. The molecule has 8 heteroatoms. The zero-order valence-corrected chi connectivity index (χ0v) is 21.4. The summed E-state index contributed by atoms with van der Waals surface area (Å²) < 4.78 is 45.6. The molecule has 2 N–H and O–H groups in total. The molecule has 2 heterocycles. The Balaban J connectivity index is 1.10. The highest BCUT2D eigenvalue weighted by Crippen LogP contribution is 2.64. The number of nitrogens with zero attached hydrogens (tertiary/aromatic N) is 2. The molecule has 3 aromatic rings. The van der Waals surface area contributed by atoms with Crippen molar-refractivity contribution in [2.24, 2.45) is 29.1 Å². The fourth-order valence-electron chi connectivity index (χ4n) is 8.52. The Labute approximate surface area is 217 Å². The van der Waals surface area contributed by atoms with E-state index in [1.54, 1.807) is 42.9 Å². The van der Waals surface area contributed by atoms with Crippen molar-refractivity contribution in [3.63, 3.8) is 0 Å². The first kappa shape index (κ1) is 23.6. The minimum Gasteiger partial charge on any atom is -0.392 e. The molecule has 2 aromatic carbocycles. The van der Waals surface area contributed by atoms with Gasteiger partial charge in [0.1, 0.15) is 5.82 Å². The fraction of sp³-hybridized carbons (Fsp3) is 0.483. The van der Waals surface area contributed by atoms with Gasteiger partial charge in [0.15, 0.2) is 0 Å². The van der Waals surface area contributed by atoms with Crippen LogP contribution >= 0.6 is 0 Å². The third kappa shape index (κ3) is 3.71. The SMILES string of the molecule is O=S(=O)(NCC1C2CC3CC1CC(C(O)CC1c4c(F)cccc4-c4cncn41)(C3)C2)c1ccccc1. The number of imidazole rings is 1. The van der Waals surface area contributed by atoms with Crippen LogP contribution in [0.4, 0.5) is 4.39 Å². The first-order valence-corrected chi connectivity index (χ1v) is 14.9. The summed E-state index contributed by atoms with van der Waals surface area (Å²) in [5, 5.41) is 11.8. The lowest BCUT2D eigenvalue weighted by molar-refractivity contribution is -0.148. The Morgan fingerprint density at radius 2 is 1.84 bits per heavy atom. The Morgan fingerprint density at radius 1 is 1.08 bits per heavy atom. The number of benzene rings is 2. The molecule has 4 unspecified atom stereocenters. The molecule has 4 bridgehead atoms. The Kier molecular flexibility index (Phi) is 5.40. The number of halogens is 1. The van der Waals surface area contributed by atoms with Crippen molar-refractivity contribution in [1.82, 2.24) is 14.3 Å². The van der Waals surface area contributed by atoms with Crippen molar-refractivity contribution in [3.8, 4) is 11.3 Å². The number of hydrogen-bond donors (Lipinski definition) is 2. The molecule has 4 saturated carbocycles. The molecule has 0 spiro atoms. The molecule has 1 aromatic heterocycles. The molecule has 6 nitrogen and oxygen atoms in total. The van der Waals surface area contributed by atoms with Crippen molar-refractivity contribution in [2.45, 2.75) is 55.6 Å². The van der Waals surface area contributed by atoms with E-state index in [1.807, 2.05) is 16.7 Å². The van der Waals surface area contributed by atoms with E-state index in [2.05, 4.69) is 9.71 Å². The molecule has 4 fully saturated rings. The van der Waals surface area contributed by atoms with E-state index in [0.717, 1.165) is 43.4 Å². The predicted molar refractivity (Wildman–Crippen MR) is 137 cm³/mol. The van der Waals surface area contributed by atoms with Gasteiger partial charge in [-0.1, -0.05) is 30.3 Å². The molecular weight excluding hydrogens is 489 g/mol. The van der Waals surface area contributed by atoms with Crippen LogP contribution in [0.15, 0.2) is 66.0 Å². The van der Waals surface area contributed by atoms with E-state index in [0.29, 0.717) is 47.1 Å². The highest BCUT2D eigenvalue weighted by Gasteiger charge is 2.58. The van der Waals surface area contributed by atoms with Crippen molar-refractivity contribution < 1.29 is 17.9 Å². The summed E-state index contributed by atoms with van der Waals surface area (Å²) in [5.74, 6) is 1.44. The number of rotatable bonds is 7. The molecule has 1 aliphatic heterocycles. The van der Waals surface area contributed by atoms with Gasteiger partial charge in [-0.25, -0.2) is 22.5 Å². The maximum atomic E-state index is 15.0. The molecule has 0 radical (unpaired) electrons. The monoisotopic (exact) mass is 521 g/mol. The molecule has 5 aliphatic rings. The third-order valence-corrected chi connectivity index (χ3v) is 11.3. The van der Waals surface area contributed by atoms with Crippen molar-refractivity contribution in [3.05, 3.63) is 72.4 Å². The number of hydrogen-bond acceptors (Lipinski definition) is 4. The number of aliphatic hydroxyl groups excluding tert-OH is 1. The van der Waals surface area contributed by atoms with Crippen LogP contribution in [-0.2, 0) is 10.0 Å². The van der Waals surface area contributed by atoms with Gasteiger partial charge in [0, 0.05) is 17.7 Å². The van der Waals surface area contributed by atoms with Crippen molar-refractivity contribution >= 4 is 10.0 Å². The van der Waals surface area contributed by atoms with Gasteiger partial charge in [0.25, 0.3) is 0 Å². The highest BCUT2D eigenvalue weighted by molar-refractivity contribution is 7.89. The average Bonchev–Trinajstić information content (AvgIpc) is 3.47. The second-order valence-corrected chi connectivity index (χ2v) is 13.6. The van der Waals surface area contributed by atoms with Crippen LogP contribution in [0, 0.1) is 34.9 Å². The first-order chi connectivity index (χ1) is 17.8. The summed E-state index contributed by atoms with van der Waals surface area (Å²) in [7, 11) is -3.54. The number of aromatic nitrogens is 2. The van der Waals surface area contributed by atoms with Gasteiger partial charge in [0.2, 0.25) is 10.0 Å². The van der Waals surface area contributed by atoms with Crippen LogP contribution in [0.5, 0.6) is 0 Å². The van der Waals surface area contributed by atoms with Gasteiger partial charge in [-0.05, 0) is 85.8 Å². The smallest absolute Gasteiger partial charge is 0.240 e. The minimum absolute atomic E-state index is 0.180. The van der Waals surface area contributed by atoms with Crippen LogP contribution in [0.2, 0.25) is 0 Å².